The number of urea groups is 1. The molecule has 1 aromatic carbocycles. The molecule has 0 bridgehead atoms. The second-order valence-corrected chi connectivity index (χ2v) is 7.84. The second-order valence-electron chi connectivity index (χ2n) is 7.84. The number of likely N-dealkylation sites (tertiary alicyclic amines) is 1. The number of piperidine rings is 1. The maximum Gasteiger partial charge on any atom is 0.338 e. The average Bonchev–Trinajstić information content (AvgIpc) is 2.61. The van der Waals surface area contributed by atoms with Gasteiger partial charge in [-0.25, -0.2) is 14.0 Å². The Balaban J connectivity index is 1.96. The van der Waals surface area contributed by atoms with Crippen molar-refractivity contribution in [1.29, 1.82) is 0 Å². The molecule has 2 heterocycles. The number of carbonyl (C=O) groups is 2. The zero-order valence-electron chi connectivity index (χ0n) is 16.6. The van der Waals surface area contributed by atoms with Gasteiger partial charge < -0.3 is 15.4 Å². The summed E-state index contributed by atoms with van der Waals surface area (Å²) in [5.74, 6) is 0.265. The molecule has 1 saturated heterocycles. The average molecular weight is 389 g/mol. The molecule has 7 heteroatoms. The molecule has 2 aliphatic rings. The Morgan fingerprint density at radius 2 is 1.86 bits per heavy atom. The lowest BCUT2D eigenvalue weighted by Gasteiger charge is -2.37. The lowest BCUT2D eigenvalue weighted by Crippen LogP contribution is -2.50. The summed E-state index contributed by atoms with van der Waals surface area (Å²) in [5, 5.41) is 5.58. The van der Waals surface area contributed by atoms with Crippen LogP contribution < -0.4 is 10.6 Å². The highest BCUT2D eigenvalue weighted by molar-refractivity contribution is 5.95. The minimum Gasteiger partial charge on any atom is -0.463 e. The number of rotatable bonds is 5. The summed E-state index contributed by atoms with van der Waals surface area (Å²) in [4.78, 5) is 27.4. The van der Waals surface area contributed by atoms with Crippen LogP contribution in [0.3, 0.4) is 0 Å². The first-order valence-electron chi connectivity index (χ1n) is 9.82. The van der Waals surface area contributed by atoms with Crippen LogP contribution in [0.15, 0.2) is 35.5 Å². The van der Waals surface area contributed by atoms with E-state index in [4.69, 9.17) is 4.74 Å². The van der Waals surface area contributed by atoms with Crippen LogP contribution in [-0.2, 0) is 9.53 Å². The van der Waals surface area contributed by atoms with Crippen LogP contribution in [0.25, 0.3) is 0 Å². The third-order valence-corrected chi connectivity index (χ3v) is 5.18. The van der Waals surface area contributed by atoms with E-state index >= 15 is 0 Å². The predicted octanol–water partition coefficient (Wildman–Crippen LogP) is 2.97. The molecular formula is C21H28FN3O3. The van der Waals surface area contributed by atoms with Gasteiger partial charge in [0.1, 0.15) is 5.82 Å². The molecule has 28 heavy (non-hydrogen) atoms. The Kier molecular flexibility index (Phi) is 6.34. The number of amides is 2. The van der Waals surface area contributed by atoms with E-state index in [0.29, 0.717) is 35.2 Å². The zero-order valence-corrected chi connectivity index (χ0v) is 16.6. The molecule has 1 aromatic rings. The van der Waals surface area contributed by atoms with Crippen LogP contribution in [0.2, 0.25) is 0 Å². The monoisotopic (exact) mass is 389 g/mol. The van der Waals surface area contributed by atoms with E-state index in [1.807, 2.05) is 0 Å². The molecule has 2 aliphatic heterocycles. The van der Waals surface area contributed by atoms with Gasteiger partial charge in [-0.05, 0) is 42.9 Å². The zero-order chi connectivity index (χ0) is 20.3. The van der Waals surface area contributed by atoms with Crippen molar-refractivity contribution in [2.75, 3.05) is 26.2 Å². The fourth-order valence-corrected chi connectivity index (χ4v) is 4.24. The van der Waals surface area contributed by atoms with Gasteiger partial charge >= 0.3 is 12.0 Å². The molecule has 0 aliphatic carbocycles. The largest absolute Gasteiger partial charge is 0.463 e. The minimum atomic E-state index is -0.678. The van der Waals surface area contributed by atoms with Crippen LogP contribution >= 0.6 is 0 Å². The Bertz CT molecular complexity index is 753. The summed E-state index contributed by atoms with van der Waals surface area (Å²) in [6.07, 6.45) is 1.17. The van der Waals surface area contributed by atoms with Crippen molar-refractivity contribution in [3.05, 3.63) is 46.9 Å². The first-order chi connectivity index (χ1) is 13.4. The summed E-state index contributed by atoms with van der Waals surface area (Å²) >= 11 is 0. The molecular weight excluding hydrogens is 361 g/mol. The number of nitrogens with one attached hydrogen (secondary N) is 2. The van der Waals surface area contributed by atoms with Crippen LogP contribution in [0.5, 0.6) is 0 Å². The van der Waals surface area contributed by atoms with E-state index in [1.54, 1.807) is 19.1 Å². The first kappa shape index (κ1) is 20.3. The Labute approximate surface area is 165 Å². The molecule has 3 atom stereocenters. The summed E-state index contributed by atoms with van der Waals surface area (Å²) in [6.45, 7) is 8.69. The Hall–Kier alpha value is -2.41. The summed E-state index contributed by atoms with van der Waals surface area (Å²) in [7, 11) is 0. The van der Waals surface area contributed by atoms with E-state index in [9.17, 15) is 14.0 Å². The predicted molar refractivity (Wildman–Crippen MR) is 104 cm³/mol. The number of nitrogens with zero attached hydrogens (tertiary/aromatic N) is 1. The molecule has 0 unspecified atom stereocenters. The first-order valence-corrected chi connectivity index (χ1v) is 9.82. The lowest BCUT2D eigenvalue weighted by molar-refractivity contribution is -0.139. The molecule has 2 amide bonds. The van der Waals surface area contributed by atoms with Crippen LogP contribution in [0, 0.1) is 17.7 Å². The van der Waals surface area contributed by atoms with Crippen molar-refractivity contribution in [2.24, 2.45) is 11.8 Å². The van der Waals surface area contributed by atoms with Crippen LogP contribution in [0.4, 0.5) is 9.18 Å². The van der Waals surface area contributed by atoms with Crippen molar-refractivity contribution >= 4 is 12.0 Å². The number of ether oxygens (including phenoxy) is 1. The number of halogens is 1. The Morgan fingerprint density at radius 3 is 2.46 bits per heavy atom. The highest BCUT2D eigenvalue weighted by Gasteiger charge is 2.35. The smallest absolute Gasteiger partial charge is 0.338 e. The minimum absolute atomic E-state index is 0.234. The molecule has 0 saturated carbocycles. The van der Waals surface area contributed by atoms with Gasteiger partial charge in [-0.15, -0.1) is 0 Å². The van der Waals surface area contributed by atoms with Crippen LogP contribution in [0.1, 0.15) is 38.8 Å². The van der Waals surface area contributed by atoms with Crippen molar-refractivity contribution < 1.29 is 18.7 Å². The summed E-state index contributed by atoms with van der Waals surface area (Å²) < 4.78 is 18.6. The van der Waals surface area contributed by atoms with Gasteiger partial charge in [0.25, 0.3) is 0 Å². The summed E-state index contributed by atoms with van der Waals surface area (Å²) in [5.41, 5.74) is 1.56. The topological polar surface area (TPSA) is 70.7 Å². The highest BCUT2D eigenvalue weighted by atomic mass is 19.1. The van der Waals surface area contributed by atoms with E-state index < -0.39 is 12.0 Å². The number of hydrogen-bond donors (Lipinski definition) is 2. The number of esters is 1. The maximum absolute atomic E-state index is 13.4. The van der Waals surface area contributed by atoms with Crippen molar-refractivity contribution in [2.45, 2.75) is 33.2 Å². The molecule has 0 spiro atoms. The van der Waals surface area contributed by atoms with Crippen molar-refractivity contribution in [3.63, 3.8) is 0 Å². The number of carbonyl (C=O) groups excluding carboxylic acids is 2. The third kappa shape index (κ3) is 4.70. The molecule has 3 rings (SSSR count). The van der Waals surface area contributed by atoms with Crippen LogP contribution in [-0.4, -0.2) is 43.1 Å². The van der Waals surface area contributed by atoms with Gasteiger partial charge in [-0.1, -0.05) is 26.0 Å². The van der Waals surface area contributed by atoms with Gasteiger partial charge in [-0.2, -0.15) is 0 Å². The molecule has 6 nitrogen and oxygen atoms in total. The van der Waals surface area contributed by atoms with E-state index in [2.05, 4.69) is 29.4 Å². The van der Waals surface area contributed by atoms with Gasteiger partial charge in [-0.3, -0.25) is 4.90 Å². The summed E-state index contributed by atoms with van der Waals surface area (Å²) in [6, 6.07) is 4.74. The van der Waals surface area contributed by atoms with Gasteiger partial charge in [0, 0.05) is 25.3 Å². The number of benzene rings is 1. The van der Waals surface area contributed by atoms with E-state index in [0.717, 1.165) is 13.1 Å². The normalized spacial score (nSPS) is 25.9. The molecule has 0 radical (unpaired) electrons. The molecule has 2 N–H and O–H groups in total. The molecule has 1 fully saturated rings. The van der Waals surface area contributed by atoms with Crippen molar-refractivity contribution in [1.82, 2.24) is 15.5 Å². The van der Waals surface area contributed by atoms with Gasteiger partial charge in [0.05, 0.1) is 18.2 Å². The standard InChI is InChI=1S/C21H28FN3O3/c1-4-28-20(26)18-17(12-25-10-13(2)9-14(3)11-25)23-21(27)24-19(18)15-5-7-16(22)8-6-15/h5-8,13-14,19H,4,9-12H2,1-3H3,(H2,23,24,27)/t13-,14+,19-/m1/s1. The highest BCUT2D eigenvalue weighted by Crippen LogP contribution is 2.29. The second kappa shape index (κ2) is 8.73. The van der Waals surface area contributed by atoms with E-state index in [-0.39, 0.29) is 18.5 Å². The SMILES string of the molecule is CCOC(=O)C1=C(CN2C[C@H](C)C[C@H](C)C2)NC(=O)N[C@@H]1c1ccc(F)cc1. The fourth-order valence-electron chi connectivity index (χ4n) is 4.24. The molecule has 152 valence electrons. The van der Waals surface area contributed by atoms with Gasteiger partial charge in [0.2, 0.25) is 0 Å². The fraction of sp³-hybridized carbons (Fsp3) is 0.524. The number of hydrogen-bond acceptors (Lipinski definition) is 4. The Morgan fingerprint density at radius 1 is 1.21 bits per heavy atom. The van der Waals surface area contributed by atoms with Gasteiger partial charge in [0.15, 0.2) is 0 Å². The quantitative estimate of drug-likeness (QED) is 0.760. The lowest BCUT2D eigenvalue weighted by atomic mass is 9.91. The third-order valence-electron chi connectivity index (χ3n) is 5.18. The maximum atomic E-state index is 13.4. The van der Waals surface area contributed by atoms with E-state index in [1.165, 1.54) is 18.6 Å². The molecule has 0 aromatic heterocycles. The van der Waals surface area contributed by atoms with Crippen molar-refractivity contribution in [3.8, 4) is 0 Å².